The normalized spacial score (nSPS) is 11.8. The maximum atomic E-state index is 13.2. The molecule has 0 N–H and O–H groups in total. The van der Waals surface area contributed by atoms with Gasteiger partial charge in [-0.3, -0.25) is 0 Å². The molecule has 0 spiro atoms. The molecule has 0 aliphatic carbocycles. The number of aromatic nitrogens is 1. The Morgan fingerprint density at radius 2 is 2.00 bits per heavy atom. The number of pyridine rings is 1. The number of halogens is 6. The van der Waals surface area contributed by atoms with Crippen molar-refractivity contribution in [1.29, 1.82) is 0 Å². The topological polar surface area (TPSA) is 39.2 Å². The summed E-state index contributed by atoms with van der Waals surface area (Å²) in [5.41, 5.74) is -4.47. The second kappa shape index (κ2) is 5.45. The monoisotopic (exact) mass is 287 g/mol. The van der Waals surface area contributed by atoms with Crippen molar-refractivity contribution in [3.05, 3.63) is 28.8 Å². The van der Waals surface area contributed by atoms with Gasteiger partial charge in [-0.05, 0) is 13.0 Å². The summed E-state index contributed by atoms with van der Waals surface area (Å²) >= 11 is 0. The van der Waals surface area contributed by atoms with E-state index >= 15 is 0 Å². The van der Waals surface area contributed by atoms with Crippen molar-refractivity contribution < 1.29 is 35.9 Å². The van der Waals surface area contributed by atoms with E-state index in [1.165, 1.54) is 6.92 Å². The van der Waals surface area contributed by atoms with Gasteiger partial charge in [0.15, 0.2) is 0 Å². The third kappa shape index (κ3) is 3.36. The highest BCUT2D eigenvalue weighted by Crippen LogP contribution is 2.33. The maximum Gasteiger partial charge on any atom is 0.433 e. The molecule has 0 aromatic carbocycles. The Morgan fingerprint density at radius 1 is 1.42 bits per heavy atom. The zero-order chi connectivity index (χ0) is 14.8. The smallest absolute Gasteiger partial charge is 0.433 e. The van der Waals surface area contributed by atoms with Gasteiger partial charge in [-0.15, -0.1) is 0 Å². The van der Waals surface area contributed by atoms with Crippen LogP contribution in [0.25, 0.3) is 0 Å². The molecule has 0 amide bonds. The van der Waals surface area contributed by atoms with Crippen molar-refractivity contribution in [2.75, 3.05) is 6.61 Å². The lowest BCUT2D eigenvalue weighted by molar-refractivity contribution is -0.141. The molecule has 0 aliphatic heterocycles. The van der Waals surface area contributed by atoms with Crippen LogP contribution >= 0.6 is 0 Å². The molecular formula is C10H7F6NO2. The van der Waals surface area contributed by atoms with Crippen LogP contribution in [-0.2, 0) is 10.9 Å². The first-order valence-electron chi connectivity index (χ1n) is 4.91. The Labute approximate surface area is 103 Å². The Balaban J connectivity index is 3.46. The lowest BCUT2D eigenvalue weighted by Crippen LogP contribution is -2.17. The summed E-state index contributed by atoms with van der Waals surface area (Å²) in [4.78, 5) is 13.7. The summed E-state index contributed by atoms with van der Waals surface area (Å²) in [6, 6.07) is 0.0442. The number of ether oxygens (including phenoxy) is 1. The third-order valence-electron chi connectivity index (χ3n) is 2.02. The Morgan fingerprint density at radius 3 is 2.42 bits per heavy atom. The van der Waals surface area contributed by atoms with Gasteiger partial charge in [-0.2, -0.15) is 17.6 Å². The predicted octanol–water partition coefficient (Wildman–Crippen LogP) is 3.35. The van der Waals surface area contributed by atoms with Crippen molar-refractivity contribution in [3.8, 4) is 0 Å². The summed E-state index contributed by atoms with van der Waals surface area (Å²) in [6.45, 7) is 1.06. The number of hydrogen-bond donors (Lipinski definition) is 0. The molecule has 9 heteroatoms. The summed E-state index contributed by atoms with van der Waals surface area (Å²) in [5.74, 6) is -3.52. The van der Waals surface area contributed by atoms with E-state index in [0.29, 0.717) is 0 Å². The van der Waals surface area contributed by atoms with Crippen molar-refractivity contribution in [2.45, 2.75) is 19.5 Å². The standard InChI is InChI=1S/C10H7F6NO2/c1-2-19-9(18)4-3-5(10(14,15)16)17-8(13)6(4)7(11)12/h3,7H,2H2,1H3. The zero-order valence-electron chi connectivity index (χ0n) is 9.39. The van der Waals surface area contributed by atoms with Crippen molar-refractivity contribution >= 4 is 5.97 Å². The highest BCUT2D eigenvalue weighted by atomic mass is 19.4. The minimum absolute atomic E-state index is 0.0442. The van der Waals surface area contributed by atoms with E-state index in [1.54, 1.807) is 0 Å². The fourth-order valence-corrected chi connectivity index (χ4v) is 1.25. The van der Waals surface area contributed by atoms with E-state index in [-0.39, 0.29) is 12.7 Å². The minimum Gasteiger partial charge on any atom is -0.462 e. The molecule has 1 rings (SSSR count). The van der Waals surface area contributed by atoms with Gasteiger partial charge in [0.05, 0.1) is 17.7 Å². The van der Waals surface area contributed by atoms with Gasteiger partial charge < -0.3 is 4.74 Å². The lowest BCUT2D eigenvalue weighted by atomic mass is 10.1. The molecule has 0 unspecified atom stereocenters. The molecule has 0 saturated heterocycles. The van der Waals surface area contributed by atoms with E-state index in [2.05, 4.69) is 9.72 Å². The average molecular weight is 287 g/mol. The van der Waals surface area contributed by atoms with E-state index in [4.69, 9.17) is 0 Å². The van der Waals surface area contributed by atoms with Gasteiger partial charge >= 0.3 is 12.1 Å². The van der Waals surface area contributed by atoms with Gasteiger partial charge in [-0.25, -0.2) is 18.6 Å². The summed E-state index contributed by atoms with van der Waals surface area (Å²) in [7, 11) is 0. The van der Waals surface area contributed by atoms with Crippen LogP contribution in [0.3, 0.4) is 0 Å². The van der Waals surface area contributed by atoms with Gasteiger partial charge in [0.2, 0.25) is 5.95 Å². The Kier molecular flexibility index (Phi) is 4.38. The number of carbonyl (C=O) groups is 1. The van der Waals surface area contributed by atoms with E-state index in [9.17, 15) is 31.1 Å². The van der Waals surface area contributed by atoms with Crippen molar-refractivity contribution in [2.24, 2.45) is 0 Å². The fourth-order valence-electron chi connectivity index (χ4n) is 1.25. The molecule has 1 heterocycles. The molecule has 1 aromatic rings. The van der Waals surface area contributed by atoms with Crippen molar-refractivity contribution in [3.63, 3.8) is 0 Å². The first-order valence-corrected chi connectivity index (χ1v) is 4.91. The molecule has 0 saturated carbocycles. The predicted molar refractivity (Wildman–Crippen MR) is 50.1 cm³/mol. The number of hydrogen-bond acceptors (Lipinski definition) is 3. The van der Waals surface area contributed by atoms with Gasteiger partial charge in [-0.1, -0.05) is 0 Å². The lowest BCUT2D eigenvalue weighted by Gasteiger charge is -2.12. The van der Waals surface area contributed by atoms with E-state index in [0.717, 1.165) is 0 Å². The van der Waals surface area contributed by atoms with Crippen LogP contribution in [0.5, 0.6) is 0 Å². The maximum absolute atomic E-state index is 13.2. The van der Waals surface area contributed by atoms with Crippen LogP contribution in [0.15, 0.2) is 6.07 Å². The number of alkyl halides is 5. The van der Waals surface area contributed by atoms with Gasteiger partial charge in [0.1, 0.15) is 5.69 Å². The highest BCUT2D eigenvalue weighted by Gasteiger charge is 2.37. The van der Waals surface area contributed by atoms with Crippen LogP contribution in [0, 0.1) is 5.95 Å². The number of nitrogens with zero attached hydrogens (tertiary/aromatic N) is 1. The molecule has 1 aromatic heterocycles. The largest absolute Gasteiger partial charge is 0.462 e. The second-order valence-electron chi connectivity index (χ2n) is 3.28. The van der Waals surface area contributed by atoms with E-state index < -0.39 is 41.3 Å². The Hall–Kier alpha value is -1.80. The molecule has 0 aliphatic rings. The molecule has 19 heavy (non-hydrogen) atoms. The van der Waals surface area contributed by atoms with Crippen molar-refractivity contribution in [1.82, 2.24) is 4.98 Å². The molecular weight excluding hydrogens is 280 g/mol. The summed E-state index contributed by atoms with van der Waals surface area (Å²) in [6.07, 6.45) is -8.56. The molecule has 0 fully saturated rings. The zero-order valence-corrected chi connectivity index (χ0v) is 9.39. The second-order valence-corrected chi connectivity index (χ2v) is 3.28. The average Bonchev–Trinajstić information content (AvgIpc) is 2.26. The number of rotatable bonds is 3. The first kappa shape index (κ1) is 15.3. The minimum atomic E-state index is -5.07. The first-order chi connectivity index (χ1) is 8.68. The quantitative estimate of drug-likeness (QED) is 0.486. The van der Waals surface area contributed by atoms with E-state index in [1.807, 2.05) is 0 Å². The molecule has 0 atom stereocenters. The molecule has 106 valence electrons. The van der Waals surface area contributed by atoms with Crippen LogP contribution < -0.4 is 0 Å². The molecule has 0 bridgehead atoms. The summed E-state index contributed by atoms with van der Waals surface area (Å²) in [5, 5.41) is 0. The fraction of sp³-hybridized carbons (Fsp3) is 0.400. The van der Waals surface area contributed by atoms with Gasteiger partial charge in [0.25, 0.3) is 6.43 Å². The van der Waals surface area contributed by atoms with Crippen LogP contribution in [-0.4, -0.2) is 17.6 Å². The SMILES string of the molecule is CCOC(=O)c1cc(C(F)(F)F)nc(F)c1C(F)F. The summed E-state index contributed by atoms with van der Waals surface area (Å²) < 4.78 is 79.7. The van der Waals surface area contributed by atoms with Crippen LogP contribution in [0.4, 0.5) is 26.3 Å². The third-order valence-corrected chi connectivity index (χ3v) is 2.02. The Bertz CT molecular complexity index is 486. The number of esters is 1. The van der Waals surface area contributed by atoms with Crippen LogP contribution in [0.1, 0.15) is 35.0 Å². The molecule has 3 nitrogen and oxygen atoms in total. The highest BCUT2D eigenvalue weighted by molar-refractivity contribution is 5.91. The van der Waals surface area contributed by atoms with Gasteiger partial charge in [0, 0.05) is 0 Å². The number of carbonyl (C=O) groups excluding carboxylic acids is 1. The van der Waals surface area contributed by atoms with Crippen LogP contribution in [0.2, 0.25) is 0 Å². The molecule has 0 radical (unpaired) electrons.